The van der Waals surface area contributed by atoms with Crippen LogP contribution in [0.5, 0.6) is 0 Å². The number of hydrogen-bond acceptors (Lipinski definition) is 3. The van der Waals surface area contributed by atoms with Gasteiger partial charge in [0.1, 0.15) is 5.60 Å². The summed E-state index contributed by atoms with van der Waals surface area (Å²) in [7, 11) is 0. The first-order valence-electron chi connectivity index (χ1n) is 9.00. The van der Waals surface area contributed by atoms with Gasteiger partial charge in [-0.25, -0.2) is 9.69 Å². The second-order valence-corrected chi connectivity index (χ2v) is 7.75. The molecule has 0 radical (unpaired) electrons. The fourth-order valence-corrected chi connectivity index (χ4v) is 3.52. The average molecular weight is 359 g/mol. The lowest BCUT2D eigenvalue weighted by molar-refractivity contribution is -0.118. The largest absolute Gasteiger partial charge is 0.443 e. The van der Waals surface area contributed by atoms with E-state index in [1.54, 1.807) is 26.8 Å². The predicted octanol–water partition coefficient (Wildman–Crippen LogP) is 5.25. The van der Waals surface area contributed by atoms with E-state index in [2.05, 4.69) is 0 Å². The van der Waals surface area contributed by atoms with Gasteiger partial charge in [0.15, 0.2) is 0 Å². The van der Waals surface area contributed by atoms with Crippen LogP contribution in [0, 0.1) is 0 Å². The third kappa shape index (κ3) is 3.08. The summed E-state index contributed by atoms with van der Waals surface area (Å²) < 4.78 is 5.47. The highest BCUT2D eigenvalue weighted by molar-refractivity contribution is 6.20. The van der Waals surface area contributed by atoms with Gasteiger partial charge in [-0.2, -0.15) is 0 Å². The van der Waals surface area contributed by atoms with Crippen molar-refractivity contribution >= 4 is 28.5 Å². The highest BCUT2D eigenvalue weighted by Crippen LogP contribution is 2.42. The lowest BCUT2D eigenvalue weighted by Crippen LogP contribution is -2.39. The van der Waals surface area contributed by atoms with Gasteiger partial charge in [-0.15, -0.1) is 0 Å². The summed E-state index contributed by atoms with van der Waals surface area (Å²) in [4.78, 5) is 27.1. The molecule has 0 aromatic heterocycles. The molecule has 27 heavy (non-hydrogen) atoms. The topological polar surface area (TPSA) is 46.6 Å². The number of imide groups is 1. The van der Waals surface area contributed by atoms with Crippen LogP contribution in [0.15, 0.2) is 66.7 Å². The molecule has 0 saturated heterocycles. The first-order chi connectivity index (χ1) is 12.8. The lowest BCUT2D eigenvalue weighted by atomic mass is 9.91. The van der Waals surface area contributed by atoms with E-state index in [1.807, 2.05) is 60.7 Å². The summed E-state index contributed by atoms with van der Waals surface area (Å²) in [6.07, 6.45) is -0.636. The molecule has 2 amide bonds. The smallest absolute Gasteiger partial charge is 0.421 e. The van der Waals surface area contributed by atoms with Crippen molar-refractivity contribution in [3.8, 4) is 0 Å². The van der Waals surface area contributed by atoms with E-state index in [4.69, 9.17) is 4.74 Å². The molecule has 4 heteroatoms. The van der Waals surface area contributed by atoms with Gasteiger partial charge in [0.2, 0.25) is 5.91 Å². The molecule has 0 bridgehead atoms. The molecule has 3 aromatic rings. The van der Waals surface area contributed by atoms with Crippen molar-refractivity contribution in [2.45, 2.75) is 32.3 Å². The van der Waals surface area contributed by atoms with E-state index in [1.165, 1.54) is 4.90 Å². The Morgan fingerprint density at radius 2 is 1.59 bits per heavy atom. The Bertz CT molecular complexity index is 1050. The van der Waals surface area contributed by atoms with Gasteiger partial charge >= 0.3 is 6.09 Å². The number of fused-ring (bicyclic) bond motifs is 2. The van der Waals surface area contributed by atoms with Crippen LogP contribution in [0.4, 0.5) is 10.5 Å². The Balaban J connectivity index is 1.79. The van der Waals surface area contributed by atoms with Crippen molar-refractivity contribution in [2.24, 2.45) is 0 Å². The molecular weight excluding hydrogens is 338 g/mol. The Labute approximate surface area is 158 Å². The van der Waals surface area contributed by atoms with Crippen LogP contribution in [0.2, 0.25) is 0 Å². The van der Waals surface area contributed by atoms with Crippen molar-refractivity contribution < 1.29 is 14.3 Å². The van der Waals surface area contributed by atoms with Gasteiger partial charge in [-0.3, -0.25) is 4.79 Å². The molecule has 1 aliphatic heterocycles. The average Bonchev–Trinajstić information content (AvgIpc) is 2.91. The number of carbonyl (C=O) groups is 2. The summed E-state index contributed by atoms with van der Waals surface area (Å²) >= 11 is 0. The van der Waals surface area contributed by atoms with Crippen molar-refractivity contribution in [3.63, 3.8) is 0 Å². The zero-order valence-corrected chi connectivity index (χ0v) is 15.6. The number of nitrogens with zero attached hydrogens (tertiary/aromatic N) is 1. The van der Waals surface area contributed by atoms with Crippen LogP contribution < -0.4 is 4.90 Å². The van der Waals surface area contributed by atoms with Crippen LogP contribution in [0.25, 0.3) is 10.8 Å². The van der Waals surface area contributed by atoms with Crippen LogP contribution in [-0.2, 0) is 9.53 Å². The molecule has 3 aromatic carbocycles. The van der Waals surface area contributed by atoms with Gasteiger partial charge in [0.05, 0.1) is 11.6 Å². The highest BCUT2D eigenvalue weighted by atomic mass is 16.6. The second-order valence-electron chi connectivity index (χ2n) is 7.75. The molecule has 0 saturated carbocycles. The molecule has 1 atom stereocenters. The lowest BCUT2D eigenvalue weighted by Gasteiger charge is -2.24. The molecule has 136 valence electrons. The normalized spacial score (nSPS) is 16.5. The number of hydrogen-bond donors (Lipinski definition) is 0. The molecular formula is C23H21NO3. The summed E-state index contributed by atoms with van der Waals surface area (Å²) in [5.41, 5.74) is 1.61. The Morgan fingerprint density at radius 1 is 0.926 bits per heavy atom. The highest BCUT2D eigenvalue weighted by Gasteiger charge is 2.43. The number of benzene rings is 3. The maximum absolute atomic E-state index is 13.3. The van der Waals surface area contributed by atoms with E-state index < -0.39 is 17.6 Å². The maximum atomic E-state index is 13.3. The molecule has 1 aliphatic rings. The number of anilines is 1. The molecule has 0 N–H and O–H groups in total. The second kappa shape index (κ2) is 6.23. The molecule has 0 fully saturated rings. The summed E-state index contributed by atoms with van der Waals surface area (Å²) in [6, 6.07) is 21.4. The van der Waals surface area contributed by atoms with Crippen molar-refractivity contribution in [2.75, 3.05) is 4.90 Å². The third-order valence-corrected chi connectivity index (χ3v) is 4.64. The Morgan fingerprint density at radius 3 is 2.33 bits per heavy atom. The molecule has 0 aliphatic carbocycles. The Kier molecular flexibility index (Phi) is 3.99. The maximum Gasteiger partial charge on any atom is 0.421 e. The standard InChI is InChI=1S/C23H21NO3/c1-23(2,3)27-22(26)24-19-11-7-6-10-18(19)20(21(24)25)17-13-12-15-8-4-5-9-16(15)14-17/h4-14,20H,1-3H3. The van der Waals surface area contributed by atoms with Crippen molar-refractivity contribution in [3.05, 3.63) is 77.9 Å². The number of ether oxygens (including phenoxy) is 1. The van der Waals surface area contributed by atoms with E-state index in [0.29, 0.717) is 5.69 Å². The summed E-state index contributed by atoms with van der Waals surface area (Å²) in [5, 5.41) is 2.18. The zero-order chi connectivity index (χ0) is 19.2. The molecule has 1 heterocycles. The van der Waals surface area contributed by atoms with Crippen LogP contribution in [0.3, 0.4) is 0 Å². The molecule has 4 nitrogen and oxygen atoms in total. The number of carbonyl (C=O) groups excluding carboxylic acids is 2. The number of para-hydroxylation sites is 1. The van der Waals surface area contributed by atoms with E-state index >= 15 is 0 Å². The van der Waals surface area contributed by atoms with Gasteiger partial charge in [-0.1, -0.05) is 60.7 Å². The van der Waals surface area contributed by atoms with Crippen LogP contribution in [-0.4, -0.2) is 17.6 Å². The van der Waals surface area contributed by atoms with Gasteiger partial charge < -0.3 is 4.74 Å². The fraction of sp³-hybridized carbons (Fsp3) is 0.217. The molecule has 4 rings (SSSR count). The summed E-state index contributed by atoms with van der Waals surface area (Å²) in [5.74, 6) is -0.793. The minimum atomic E-state index is -0.673. The van der Waals surface area contributed by atoms with Gasteiger partial charge in [0, 0.05) is 0 Å². The minimum absolute atomic E-state index is 0.277. The first kappa shape index (κ1) is 17.3. The quantitative estimate of drug-likeness (QED) is 0.596. The predicted molar refractivity (Wildman–Crippen MR) is 106 cm³/mol. The van der Waals surface area contributed by atoms with E-state index in [9.17, 15) is 9.59 Å². The van der Waals surface area contributed by atoms with Gasteiger partial charge in [-0.05, 0) is 48.7 Å². The van der Waals surface area contributed by atoms with Crippen LogP contribution >= 0.6 is 0 Å². The van der Waals surface area contributed by atoms with Crippen LogP contribution in [0.1, 0.15) is 37.8 Å². The zero-order valence-electron chi connectivity index (χ0n) is 15.6. The fourth-order valence-electron chi connectivity index (χ4n) is 3.52. The Hall–Kier alpha value is -3.14. The molecule has 1 unspecified atom stereocenters. The van der Waals surface area contributed by atoms with E-state index in [0.717, 1.165) is 21.9 Å². The number of amides is 2. The van der Waals surface area contributed by atoms with Crippen molar-refractivity contribution in [1.29, 1.82) is 0 Å². The third-order valence-electron chi connectivity index (χ3n) is 4.64. The van der Waals surface area contributed by atoms with E-state index in [-0.39, 0.29) is 5.91 Å². The van der Waals surface area contributed by atoms with Crippen molar-refractivity contribution in [1.82, 2.24) is 0 Å². The summed E-state index contributed by atoms with van der Waals surface area (Å²) in [6.45, 7) is 5.37. The number of rotatable bonds is 1. The monoisotopic (exact) mass is 359 g/mol. The first-order valence-corrected chi connectivity index (χ1v) is 9.00. The SMILES string of the molecule is CC(C)(C)OC(=O)N1C(=O)C(c2ccc3ccccc3c2)c2ccccc21. The minimum Gasteiger partial charge on any atom is -0.443 e. The molecule has 0 spiro atoms. The van der Waals surface area contributed by atoms with Gasteiger partial charge in [0.25, 0.3) is 0 Å².